The number of nitriles is 1. The third-order valence-electron chi connectivity index (χ3n) is 5.10. The molecule has 4 atom stereocenters. The predicted octanol–water partition coefficient (Wildman–Crippen LogP) is 3.19. The van der Waals surface area contributed by atoms with E-state index < -0.39 is 0 Å². The van der Waals surface area contributed by atoms with Crippen LogP contribution in [0.4, 0.5) is 5.69 Å². The van der Waals surface area contributed by atoms with Crippen LogP contribution < -0.4 is 10.6 Å². The van der Waals surface area contributed by atoms with Crippen LogP contribution in [0, 0.1) is 30.1 Å². The van der Waals surface area contributed by atoms with Gasteiger partial charge < -0.3 is 10.6 Å². The Balaban J connectivity index is 1.60. The Kier molecular flexibility index (Phi) is 4.77. The molecule has 4 nitrogen and oxygen atoms in total. The van der Waals surface area contributed by atoms with E-state index in [4.69, 9.17) is 16.9 Å². The standard InChI is InChI=1S/C18H22ClN3O/c1-11-6-16(4-2-12(11)9-20)21-10-14-7-13-8-15(19)3-5-17(13)22-18(14)23/h2,4,6,13-15,17,21H,3,5,7-8,10H2,1H3,(H,22,23). The Morgan fingerprint density at radius 3 is 2.96 bits per heavy atom. The predicted molar refractivity (Wildman–Crippen MR) is 91.4 cm³/mol. The number of anilines is 1. The molecule has 1 aliphatic heterocycles. The van der Waals surface area contributed by atoms with Crippen molar-refractivity contribution in [1.82, 2.24) is 5.32 Å². The van der Waals surface area contributed by atoms with E-state index in [0.717, 1.165) is 36.9 Å². The lowest BCUT2D eigenvalue weighted by atomic mass is 9.75. The fraction of sp³-hybridized carbons (Fsp3) is 0.556. The molecule has 1 amide bonds. The Bertz CT molecular complexity index is 640. The summed E-state index contributed by atoms with van der Waals surface area (Å²) in [5.41, 5.74) is 2.59. The summed E-state index contributed by atoms with van der Waals surface area (Å²) < 4.78 is 0. The van der Waals surface area contributed by atoms with Crippen molar-refractivity contribution in [2.45, 2.75) is 44.0 Å². The zero-order chi connectivity index (χ0) is 16.4. The summed E-state index contributed by atoms with van der Waals surface area (Å²) in [6, 6.07) is 8.14. The highest BCUT2D eigenvalue weighted by molar-refractivity contribution is 6.20. The molecule has 5 heteroatoms. The number of halogens is 1. The fourth-order valence-electron chi connectivity index (χ4n) is 3.75. The third-order valence-corrected chi connectivity index (χ3v) is 5.50. The molecule has 0 spiro atoms. The molecule has 1 aromatic rings. The molecule has 1 saturated heterocycles. The van der Waals surface area contributed by atoms with Gasteiger partial charge in [0.25, 0.3) is 0 Å². The molecule has 4 unspecified atom stereocenters. The van der Waals surface area contributed by atoms with Crippen LogP contribution in [-0.2, 0) is 4.79 Å². The first kappa shape index (κ1) is 16.1. The average Bonchev–Trinajstić information content (AvgIpc) is 2.53. The third kappa shape index (κ3) is 3.61. The van der Waals surface area contributed by atoms with Crippen LogP contribution in [0.3, 0.4) is 0 Å². The summed E-state index contributed by atoms with van der Waals surface area (Å²) in [4.78, 5) is 12.3. The first-order valence-corrected chi connectivity index (χ1v) is 8.69. The van der Waals surface area contributed by atoms with E-state index in [1.807, 2.05) is 25.1 Å². The molecule has 2 N–H and O–H groups in total. The summed E-state index contributed by atoms with van der Waals surface area (Å²) in [6.07, 6.45) is 3.90. The summed E-state index contributed by atoms with van der Waals surface area (Å²) in [5.74, 6) is 0.629. The number of carbonyl (C=O) groups excluding carboxylic acids is 1. The van der Waals surface area contributed by atoms with E-state index in [1.165, 1.54) is 0 Å². The molecule has 0 bridgehead atoms. The molecule has 0 aromatic heterocycles. The largest absolute Gasteiger partial charge is 0.384 e. The summed E-state index contributed by atoms with van der Waals surface area (Å²) in [6.45, 7) is 2.54. The molecule has 1 heterocycles. The van der Waals surface area contributed by atoms with Gasteiger partial charge in [-0.05, 0) is 62.3 Å². The maximum Gasteiger partial charge on any atom is 0.225 e. The van der Waals surface area contributed by atoms with E-state index in [2.05, 4.69) is 16.7 Å². The van der Waals surface area contributed by atoms with Gasteiger partial charge in [-0.3, -0.25) is 4.79 Å². The van der Waals surface area contributed by atoms with E-state index in [9.17, 15) is 4.79 Å². The molecular weight excluding hydrogens is 310 g/mol. The lowest BCUT2D eigenvalue weighted by Gasteiger charge is -2.41. The van der Waals surface area contributed by atoms with E-state index in [1.54, 1.807) is 0 Å². The van der Waals surface area contributed by atoms with Crippen LogP contribution in [0.2, 0.25) is 0 Å². The molecule has 2 aliphatic rings. The van der Waals surface area contributed by atoms with Crippen LogP contribution in [0.25, 0.3) is 0 Å². The topological polar surface area (TPSA) is 64.9 Å². The normalized spacial score (nSPS) is 30.0. The number of nitrogens with zero attached hydrogens (tertiary/aromatic N) is 1. The van der Waals surface area contributed by atoms with Gasteiger partial charge in [-0.1, -0.05) is 0 Å². The number of amides is 1. The fourth-order valence-corrected chi connectivity index (χ4v) is 4.10. The Morgan fingerprint density at radius 2 is 2.22 bits per heavy atom. The van der Waals surface area contributed by atoms with Gasteiger partial charge >= 0.3 is 0 Å². The monoisotopic (exact) mass is 331 g/mol. The number of rotatable bonds is 3. The molecule has 2 fully saturated rings. The summed E-state index contributed by atoms with van der Waals surface area (Å²) >= 11 is 6.28. The molecule has 3 rings (SSSR count). The Morgan fingerprint density at radius 1 is 1.39 bits per heavy atom. The maximum absolute atomic E-state index is 12.3. The number of carbonyl (C=O) groups is 1. The van der Waals surface area contributed by atoms with Crippen molar-refractivity contribution in [3.63, 3.8) is 0 Å². The van der Waals surface area contributed by atoms with Gasteiger partial charge in [0, 0.05) is 23.7 Å². The van der Waals surface area contributed by atoms with Gasteiger partial charge in [0.1, 0.15) is 0 Å². The first-order valence-electron chi connectivity index (χ1n) is 8.26. The second-order valence-corrected chi connectivity index (χ2v) is 7.36. The number of hydrogen-bond acceptors (Lipinski definition) is 3. The molecule has 0 radical (unpaired) electrons. The Labute approximate surface area is 142 Å². The van der Waals surface area contributed by atoms with E-state index in [-0.39, 0.29) is 17.2 Å². The second-order valence-electron chi connectivity index (χ2n) is 6.74. The van der Waals surface area contributed by atoms with Crippen molar-refractivity contribution >= 4 is 23.2 Å². The lowest BCUT2D eigenvalue weighted by molar-refractivity contribution is -0.129. The summed E-state index contributed by atoms with van der Waals surface area (Å²) in [5, 5.41) is 15.7. The molecular formula is C18H22ClN3O. The zero-order valence-electron chi connectivity index (χ0n) is 13.3. The number of aryl methyl sites for hydroxylation is 1. The van der Waals surface area contributed by atoms with Crippen molar-refractivity contribution in [3.05, 3.63) is 29.3 Å². The highest BCUT2D eigenvalue weighted by Gasteiger charge is 2.38. The van der Waals surface area contributed by atoms with Gasteiger partial charge in [0.15, 0.2) is 0 Å². The summed E-state index contributed by atoms with van der Waals surface area (Å²) in [7, 11) is 0. The number of piperidine rings is 1. The molecule has 1 aliphatic carbocycles. The number of nitrogens with one attached hydrogen (secondary N) is 2. The van der Waals surface area contributed by atoms with Gasteiger partial charge in [-0.15, -0.1) is 11.6 Å². The van der Waals surface area contributed by atoms with Gasteiger partial charge in [0.2, 0.25) is 5.91 Å². The molecule has 1 saturated carbocycles. The minimum atomic E-state index is -0.0193. The lowest BCUT2D eigenvalue weighted by Crippen LogP contribution is -2.53. The van der Waals surface area contributed by atoms with Crippen molar-refractivity contribution in [2.75, 3.05) is 11.9 Å². The van der Waals surface area contributed by atoms with Gasteiger partial charge in [-0.25, -0.2) is 0 Å². The smallest absolute Gasteiger partial charge is 0.225 e. The number of alkyl halides is 1. The highest BCUT2D eigenvalue weighted by Crippen LogP contribution is 2.35. The number of fused-ring (bicyclic) bond motifs is 1. The minimum absolute atomic E-state index is 0.0193. The number of hydrogen-bond donors (Lipinski definition) is 2. The van der Waals surface area contributed by atoms with Crippen LogP contribution in [-0.4, -0.2) is 23.9 Å². The van der Waals surface area contributed by atoms with Crippen LogP contribution in [0.5, 0.6) is 0 Å². The highest BCUT2D eigenvalue weighted by atomic mass is 35.5. The van der Waals surface area contributed by atoms with Crippen molar-refractivity contribution in [3.8, 4) is 6.07 Å². The first-order chi connectivity index (χ1) is 11.1. The van der Waals surface area contributed by atoms with Gasteiger partial charge in [-0.2, -0.15) is 5.26 Å². The van der Waals surface area contributed by atoms with Crippen molar-refractivity contribution in [1.29, 1.82) is 5.26 Å². The second kappa shape index (κ2) is 6.80. The molecule has 23 heavy (non-hydrogen) atoms. The van der Waals surface area contributed by atoms with E-state index >= 15 is 0 Å². The quantitative estimate of drug-likeness (QED) is 0.836. The van der Waals surface area contributed by atoms with Crippen LogP contribution in [0.1, 0.15) is 36.8 Å². The molecule has 1 aromatic carbocycles. The SMILES string of the molecule is Cc1cc(NCC2CC3CC(Cl)CCC3NC2=O)ccc1C#N. The average molecular weight is 332 g/mol. The minimum Gasteiger partial charge on any atom is -0.384 e. The van der Waals surface area contributed by atoms with Crippen LogP contribution in [0.15, 0.2) is 18.2 Å². The maximum atomic E-state index is 12.3. The zero-order valence-corrected chi connectivity index (χ0v) is 14.1. The van der Waals surface area contributed by atoms with E-state index in [0.29, 0.717) is 24.1 Å². The van der Waals surface area contributed by atoms with Crippen molar-refractivity contribution < 1.29 is 4.79 Å². The Hall–Kier alpha value is -1.73. The van der Waals surface area contributed by atoms with Crippen molar-refractivity contribution in [2.24, 2.45) is 11.8 Å². The van der Waals surface area contributed by atoms with Gasteiger partial charge in [0.05, 0.1) is 17.6 Å². The van der Waals surface area contributed by atoms with Crippen LogP contribution >= 0.6 is 11.6 Å². The number of benzene rings is 1. The molecule has 122 valence electrons.